The fourth-order valence-corrected chi connectivity index (χ4v) is 2.61. The molecule has 1 aliphatic rings. The Hall–Kier alpha value is -1.35. The number of anilines is 1. The Morgan fingerprint density at radius 1 is 1.37 bits per heavy atom. The molecule has 19 heavy (non-hydrogen) atoms. The van der Waals surface area contributed by atoms with Crippen LogP contribution >= 0.6 is 11.6 Å². The van der Waals surface area contributed by atoms with E-state index >= 15 is 0 Å². The average Bonchev–Trinajstić information content (AvgIpc) is 2.45. The lowest BCUT2D eigenvalue weighted by atomic mass is 9.97. The second-order valence-electron chi connectivity index (χ2n) is 4.80. The Morgan fingerprint density at radius 3 is 2.84 bits per heavy atom. The van der Waals surface area contributed by atoms with Gasteiger partial charge in [0.15, 0.2) is 5.78 Å². The number of carbonyl (C=O) groups is 2. The zero-order valence-electron chi connectivity index (χ0n) is 11.1. The number of fused-ring (bicyclic) bond motifs is 1. The predicted molar refractivity (Wildman–Crippen MR) is 77.1 cm³/mol. The fraction of sp³-hybridized carbons (Fsp3) is 0.467. The second-order valence-corrected chi connectivity index (χ2v) is 5.07. The van der Waals surface area contributed by atoms with Gasteiger partial charge in [0.05, 0.1) is 5.88 Å². The van der Waals surface area contributed by atoms with Crippen molar-refractivity contribution in [1.82, 2.24) is 0 Å². The van der Waals surface area contributed by atoms with Crippen LogP contribution in [0.4, 0.5) is 5.69 Å². The van der Waals surface area contributed by atoms with Crippen molar-refractivity contribution in [2.75, 3.05) is 17.3 Å². The molecular weight excluding hydrogens is 262 g/mol. The van der Waals surface area contributed by atoms with Crippen LogP contribution in [0.25, 0.3) is 0 Å². The van der Waals surface area contributed by atoms with Crippen molar-refractivity contribution in [3.63, 3.8) is 0 Å². The molecule has 0 saturated heterocycles. The van der Waals surface area contributed by atoms with Gasteiger partial charge in [0.2, 0.25) is 5.91 Å². The number of hydrogen-bond donors (Lipinski definition) is 0. The van der Waals surface area contributed by atoms with E-state index in [0.717, 1.165) is 37.1 Å². The third kappa shape index (κ3) is 2.98. The van der Waals surface area contributed by atoms with E-state index in [1.165, 1.54) is 0 Å². The molecular formula is C15H18ClNO2. The SMILES string of the molecule is CCCC(=O)N1CCCc2cc(C(=O)CCl)ccc21. The normalized spacial score (nSPS) is 14.1. The maximum atomic E-state index is 12.1. The van der Waals surface area contributed by atoms with Gasteiger partial charge in [0.25, 0.3) is 0 Å². The highest BCUT2D eigenvalue weighted by molar-refractivity contribution is 6.30. The van der Waals surface area contributed by atoms with Gasteiger partial charge in [0, 0.05) is 24.2 Å². The number of ketones is 1. The number of nitrogens with zero attached hydrogens (tertiary/aromatic N) is 1. The van der Waals surface area contributed by atoms with Crippen LogP contribution in [-0.2, 0) is 11.2 Å². The van der Waals surface area contributed by atoms with Crippen LogP contribution in [0.1, 0.15) is 42.1 Å². The zero-order chi connectivity index (χ0) is 13.8. The predicted octanol–water partition coefficient (Wildman–Crippen LogP) is 3.19. The van der Waals surface area contributed by atoms with Crippen LogP contribution in [0.15, 0.2) is 18.2 Å². The summed E-state index contributed by atoms with van der Waals surface area (Å²) in [6, 6.07) is 5.52. The van der Waals surface area contributed by atoms with Gasteiger partial charge in [-0.05, 0) is 43.0 Å². The summed E-state index contributed by atoms with van der Waals surface area (Å²) < 4.78 is 0. The van der Waals surface area contributed by atoms with Crippen LogP contribution < -0.4 is 4.90 Å². The largest absolute Gasteiger partial charge is 0.312 e. The van der Waals surface area contributed by atoms with Crippen molar-refractivity contribution >= 4 is 29.0 Å². The van der Waals surface area contributed by atoms with E-state index in [2.05, 4.69) is 0 Å². The molecule has 0 fully saturated rings. The molecule has 2 rings (SSSR count). The van der Waals surface area contributed by atoms with Crippen molar-refractivity contribution in [3.8, 4) is 0 Å². The highest BCUT2D eigenvalue weighted by Crippen LogP contribution is 2.29. The standard InChI is InChI=1S/C15H18ClNO2/c1-2-4-15(19)17-8-3-5-11-9-12(14(18)10-16)6-7-13(11)17/h6-7,9H,2-5,8,10H2,1H3. The van der Waals surface area contributed by atoms with E-state index in [9.17, 15) is 9.59 Å². The molecule has 0 atom stereocenters. The fourth-order valence-electron chi connectivity index (χ4n) is 2.46. The van der Waals surface area contributed by atoms with Gasteiger partial charge >= 0.3 is 0 Å². The van der Waals surface area contributed by atoms with Gasteiger partial charge < -0.3 is 4.90 Å². The zero-order valence-corrected chi connectivity index (χ0v) is 11.9. The van der Waals surface area contributed by atoms with Crippen LogP contribution in [0, 0.1) is 0 Å². The molecule has 1 amide bonds. The van der Waals surface area contributed by atoms with Gasteiger partial charge in [-0.15, -0.1) is 11.6 Å². The number of hydrogen-bond acceptors (Lipinski definition) is 2. The molecule has 0 radical (unpaired) electrons. The molecule has 0 aromatic heterocycles. The minimum atomic E-state index is -0.0681. The first kappa shape index (κ1) is 14.1. The topological polar surface area (TPSA) is 37.4 Å². The van der Waals surface area contributed by atoms with Crippen LogP contribution in [0.2, 0.25) is 0 Å². The molecule has 1 aromatic carbocycles. The molecule has 0 aliphatic carbocycles. The van der Waals surface area contributed by atoms with E-state index in [4.69, 9.17) is 11.6 Å². The van der Waals surface area contributed by atoms with Crippen LogP contribution in [0.3, 0.4) is 0 Å². The maximum absolute atomic E-state index is 12.1. The molecule has 0 bridgehead atoms. The first-order chi connectivity index (χ1) is 9.17. The maximum Gasteiger partial charge on any atom is 0.226 e. The first-order valence-corrected chi connectivity index (χ1v) is 7.23. The number of Topliss-reactive ketones (excluding diaryl/α,β-unsaturated/α-hetero) is 1. The Balaban J connectivity index is 2.30. The minimum Gasteiger partial charge on any atom is -0.312 e. The Labute approximate surface area is 118 Å². The van der Waals surface area contributed by atoms with E-state index < -0.39 is 0 Å². The molecule has 0 unspecified atom stereocenters. The summed E-state index contributed by atoms with van der Waals surface area (Å²) in [6.07, 6.45) is 3.28. The van der Waals surface area contributed by atoms with Gasteiger partial charge in [-0.1, -0.05) is 6.92 Å². The quantitative estimate of drug-likeness (QED) is 0.627. The Morgan fingerprint density at radius 2 is 2.16 bits per heavy atom. The highest BCUT2D eigenvalue weighted by atomic mass is 35.5. The van der Waals surface area contributed by atoms with Crippen molar-refractivity contribution in [2.24, 2.45) is 0 Å². The summed E-state index contributed by atoms with van der Waals surface area (Å²) >= 11 is 5.58. The summed E-state index contributed by atoms with van der Waals surface area (Å²) in [4.78, 5) is 25.5. The molecule has 0 saturated carbocycles. The minimum absolute atomic E-state index is 0.00271. The molecule has 1 aromatic rings. The number of alkyl halides is 1. The number of amides is 1. The van der Waals surface area contributed by atoms with Crippen molar-refractivity contribution < 1.29 is 9.59 Å². The number of carbonyl (C=O) groups excluding carboxylic acids is 2. The van der Waals surface area contributed by atoms with Crippen molar-refractivity contribution in [3.05, 3.63) is 29.3 Å². The van der Waals surface area contributed by atoms with Gasteiger partial charge in [-0.25, -0.2) is 0 Å². The first-order valence-electron chi connectivity index (χ1n) is 6.69. The second kappa shape index (κ2) is 6.20. The monoisotopic (exact) mass is 279 g/mol. The third-order valence-electron chi connectivity index (χ3n) is 3.41. The summed E-state index contributed by atoms with van der Waals surface area (Å²) in [7, 11) is 0. The van der Waals surface area contributed by atoms with E-state index in [0.29, 0.717) is 12.0 Å². The Kier molecular flexibility index (Phi) is 4.59. The molecule has 102 valence electrons. The lowest BCUT2D eigenvalue weighted by Gasteiger charge is -2.29. The molecule has 3 nitrogen and oxygen atoms in total. The average molecular weight is 280 g/mol. The molecule has 0 spiro atoms. The van der Waals surface area contributed by atoms with Gasteiger partial charge in [0.1, 0.15) is 0 Å². The van der Waals surface area contributed by atoms with Crippen molar-refractivity contribution in [1.29, 1.82) is 0 Å². The number of aryl methyl sites for hydroxylation is 1. The van der Waals surface area contributed by atoms with E-state index in [1.807, 2.05) is 24.0 Å². The number of halogens is 1. The number of rotatable bonds is 4. The molecule has 1 heterocycles. The number of benzene rings is 1. The third-order valence-corrected chi connectivity index (χ3v) is 3.65. The lowest BCUT2D eigenvalue weighted by molar-refractivity contribution is -0.118. The summed E-state index contributed by atoms with van der Waals surface area (Å²) in [6.45, 7) is 2.78. The van der Waals surface area contributed by atoms with E-state index in [-0.39, 0.29) is 17.6 Å². The summed E-state index contributed by atoms with van der Waals surface area (Å²) in [5.74, 6) is 0.0958. The summed E-state index contributed by atoms with van der Waals surface area (Å²) in [5, 5.41) is 0. The van der Waals surface area contributed by atoms with Crippen molar-refractivity contribution in [2.45, 2.75) is 32.6 Å². The van der Waals surface area contributed by atoms with Gasteiger partial charge in [-0.2, -0.15) is 0 Å². The van der Waals surface area contributed by atoms with E-state index in [1.54, 1.807) is 6.07 Å². The lowest BCUT2D eigenvalue weighted by Crippen LogP contribution is -2.35. The van der Waals surface area contributed by atoms with Crippen LogP contribution in [0.5, 0.6) is 0 Å². The van der Waals surface area contributed by atoms with Crippen LogP contribution in [-0.4, -0.2) is 24.1 Å². The molecule has 0 N–H and O–H groups in total. The smallest absolute Gasteiger partial charge is 0.226 e. The summed E-state index contributed by atoms with van der Waals surface area (Å²) in [5.41, 5.74) is 2.67. The highest BCUT2D eigenvalue weighted by Gasteiger charge is 2.22. The molecule has 1 aliphatic heterocycles. The van der Waals surface area contributed by atoms with Gasteiger partial charge in [-0.3, -0.25) is 9.59 Å². The Bertz CT molecular complexity index is 499. The molecule has 4 heteroatoms.